The normalized spacial score (nSPS) is 10.7. The number of nitrogens with zero attached hydrogens (tertiary/aromatic N) is 1. The Hall–Kier alpha value is -2.01. The summed E-state index contributed by atoms with van der Waals surface area (Å²) in [4.78, 5) is 4.23. The fraction of sp³-hybridized carbons (Fsp3) is 0. The van der Waals surface area contributed by atoms with Crippen molar-refractivity contribution in [2.45, 2.75) is 0 Å². The van der Waals surface area contributed by atoms with Gasteiger partial charge >= 0.3 is 6.08 Å². The van der Waals surface area contributed by atoms with E-state index in [-0.39, 0.29) is 6.08 Å². The Bertz CT molecular complexity index is 676. The Morgan fingerprint density at radius 3 is 2.78 bits per heavy atom. The van der Waals surface area contributed by atoms with Gasteiger partial charge in [0.25, 0.3) is 0 Å². The number of nitrogen functional groups attached to an aromatic ring is 1. The van der Waals surface area contributed by atoms with Crippen LogP contribution >= 0.6 is 15.9 Å². The Kier molecular flexibility index (Phi) is 2.68. The van der Waals surface area contributed by atoms with Crippen LogP contribution in [-0.4, -0.2) is 4.98 Å². The Balaban J connectivity index is 1.99. The van der Waals surface area contributed by atoms with Gasteiger partial charge in [-0.05, 0) is 40.2 Å². The summed E-state index contributed by atoms with van der Waals surface area (Å²) in [6.45, 7) is 0. The van der Waals surface area contributed by atoms with Gasteiger partial charge in [-0.2, -0.15) is 4.98 Å². The average molecular weight is 305 g/mol. The first-order valence-corrected chi connectivity index (χ1v) is 6.11. The number of halogens is 1. The van der Waals surface area contributed by atoms with E-state index in [1.54, 1.807) is 18.2 Å². The van der Waals surface area contributed by atoms with Crippen LogP contribution < -0.4 is 10.5 Å². The molecule has 18 heavy (non-hydrogen) atoms. The van der Waals surface area contributed by atoms with Crippen LogP contribution in [0.4, 0.5) is 5.69 Å². The maximum absolute atomic E-state index is 5.77. The Morgan fingerprint density at radius 2 is 1.94 bits per heavy atom. The molecule has 0 saturated heterocycles. The number of rotatable bonds is 2. The third-order valence-corrected chi connectivity index (χ3v) is 3.31. The minimum absolute atomic E-state index is 0.197. The molecule has 2 N–H and O–H groups in total. The van der Waals surface area contributed by atoms with E-state index >= 15 is 0 Å². The first-order valence-electron chi connectivity index (χ1n) is 5.31. The topological polar surface area (TPSA) is 61.3 Å². The van der Waals surface area contributed by atoms with Gasteiger partial charge in [0.05, 0.1) is 4.47 Å². The summed E-state index contributed by atoms with van der Waals surface area (Å²) in [6, 6.07) is 12.8. The predicted molar refractivity (Wildman–Crippen MR) is 72.6 cm³/mol. The third kappa shape index (κ3) is 1.93. The number of aromatic nitrogens is 1. The van der Waals surface area contributed by atoms with Crippen LogP contribution in [0.3, 0.4) is 0 Å². The SMILES string of the molecule is Nc1cccc(Oc2nc3ccccc3o2)c1Br. The van der Waals surface area contributed by atoms with Crippen LogP contribution in [0.2, 0.25) is 0 Å². The van der Waals surface area contributed by atoms with Gasteiger partial charge in [0.2, 0.25) is 0 Å². The van der Waals surface area contributed by atoms with Crippen LogP contribution in [-0.2, 0) is 0 Å². The van der Waals surface area contributed by atoms with Gasteiger partial charge in [-0.1, -0.05) is 18.2 Å². The summed E-state index contributed by atoms with van der Waals surface area (Å²) in [5.74, 6) is 0.571. The molecule has 5 heteroatoms. The molecule has 0 atom stereocenters. The number of benzene rings is 2. The predicted octanol–water partition coefficient (Wildman–Crippen LogP) is 3.96. The quantitative estimate of drug-likeness (QED) is 0.728. The van der Waals surface area contributed by atoms with Crippen molar-refractivity contribution in [2.24, 2.45) is 0 Å². The van der Waals surface area contributed by atoms with E-state index in [1.807, 2.05) is 24.3 Å². The van der Waals surface area contributed by atoms with Gasteiger partial charge in [0, 0.05) is 5.69 Å². The van der Waals surface area contributed by atoms with Crippen molar-refractivity contribution in [3.05, 3.63) is 46.9 Å². The van der Waals surface area contributed by atoms with Crippen molar-refractivity contribution in [1.82, 2.24) is 4.98 Å². The van der Waals surface area contributed by atoms with Crippen LogP contribution in [0.15, 0.2) is 51.4 Å². The minimum Gasteiger partial charge on any atom is -0.410 e. The van der Waals surface area contributed by atoms with Crippen molar-refractivity contribution in [3.63, 3.8) is 0 Å². The number of anilines is 1. The second-order valence-corrected chi connectivity index (χ2v) is 4.50. The average Bonchev–Trinajstić information content (AvgIpc) is 2.77. The number of hydrogen-bond donors (Lipinski definition) is 1. The van der Waals surface area contributed by atoms with E-state index in [0.29, 0.717) is 21.5 Å². The summed E-state index contributed by atoms with van der Waals surface area (Å²) in [5.41, 5.74) is 7.82. The van der Waals surface area contributed by atoms with Crippen molar-refractivity contribution in [2.75, 3.05) is 5.73 Å². The molecule has 4 nitrogen and oxygen atoms in total. The number of para-hydroxylation sites is 2. The highest BCUT2D eigenvalue weighted by atomic mass is 79.9. The van der Waals surface area contributed by atoms with Gasteiger partial charge in [-0.15, -0.1) is 0 Å². The fourth-order valence-corrected chi connectivity index (χ4v) is 1.94. The lowest BCUT2D eigenvalue weighted by Crippen LogP contribution is -1.90. The molecule has 0 amide bonds. The van der Waals surface area contributed by atoms with Crippen molar-refractivity contribution >= 4 is 32.7 Å². The second kappa shape index (κ2) is 4.34. The first kappa shape index (κ1) is 11.1. The lowest BCUT2D eigenvalue weighted by molar-refractivity contribution is 0.342. The largest absolute Gasteiger partial charge is 0.410 e. The summed E-state index contributed by atoms with van der Waals surface area (Å²) >= 11 is 3.36. The molecular formula is C13H9BrN2O2. The zero-order valence-corrected chi connectivity index (χ0v) is 10.8. The zero-order valence-electron chi connectivity index (χ0n) is 9.26. The molecule has 0 radical (unpaired) electrons. The fourth-order valence-electron chi connectivity index (χ4n) is 1.60. The van der Waals surface area contributed by atoms with E-state index in [0.717, 1.165) is 5.52 Å². The summed E-state index contributed by atoms with van der Waals surface area (Å²) in [5, 5.41) is 0. The number of hydrogen-bond acceptors (Lipinski definition) is 4. The number of fused-ring (bicyclic) bond motifs is 1. The monoisotopic (exact) mass is 304 g/mol. The van der Waals surface area contributed by atoms with Crippen LogP contribution in [0.1, 0.15) is 0 Å². The molecule has 0 aliphatic carbocycles. The van der Waals surface area contributed by atoms with E-state index in [1.165, 1.54) is 0 Å². The number of nitrogens with two attached hydrogens (primary N) is 1. The Morgan fingerprint density at radius 1 is 1.11 bits per heavy atom. The second-order valence-electron chi connectivity index (χ2n) is 3.71. The van der Waals surface area contributed by atoms with Crippen molar-refractivity contribution < 1.29 is 9.15 Å². The lowest BCUT2D eigenvalue weighted by atomic mass is 10.3. The van der Waals surface area contributed by atoms with E-state index in [4.69, 9.17) is 14.9 Å². The molecule has 0 aliphatic heterocycles. The molecule has 0 fully saturated rings. The third-order valence-electron chi connectivity index (χ3n) is 2.46. The van der Waals surface area contributed by atoms with Crippen LogP contribution in [0, 0.1) is 0 Å². The van der Waals surface area contributed by atoms with Crippen LogP contribution in [0.5, 0.6) is 11.8 Å². The summed E-state index contributed by atoms with van der Waals surface area (Å²) in [7, 11) is 0. The molecule has 0 aliphatic rings. The molecule has 0 spiro atoms. The number of ether oxygens (including phenoxy) is 1. The van der Waals surface area contributed by atoms with E-state index in [9.17, 15) is 0 Å². The summed E-state index contributed by atoms with van der Waals surface area (Å²) < 4.78 is 11.7. The Labute approximate surface area is 112 Å². The maximum Gasteiger partial charge on any atom is 0.400 e. The van der Waals surface area contributed by atoms with Crippen molar-refractivity contribution in [1.29, 1.82) is 0 Å². The first-order chi connectivity index (χ1) is 8.74. The molecule has 0 bridgehead atoms. The molecule has 2 aromatic carbocycles. The van der Waals surface area contributed by atoms with Gasteiger partial charge in [0.15, 0.2) is 5.58 Å². The molecule has 3 rings (SSSR count). The molecule has 90 valence electrons. The maximum atomic E-state index is 5.77. The standard InChI is InChI=1S/C13H9BrN2O2/c14-12-8(15)4-3-7-11(12)18-13-16-9-5-1-2-6-10(9)17-13/h1-7H,15H2. The van der Waals surface area contributed by atoms with Gasteiger partial charge < -0.3 is 14.9 Å². The van der Waals surface area contributed by atoms with Gasteiger partial charge in [-0.3, -0.25) is 0 Å². The molecule has 3 aromatic rings. The highest BCUT2D eigenvalue weighted by molar-refractivity contribution is 9.10. The van der Waals surface area contributed by atoms with Crippen molar-refractivity contribution in [3.8, 4) is 11.8 Å². The smallest absolute Gasteiger partial charge is 0.400 e. The zero-order chi connectivity index (χ0) is 12.5. The van der Waals surface area contributed by atoms with E-state index in [2.05, 4.69) is 20.9 Å². The highest BCUT2D eigenvalue weighted by Gasteiger charge is 2.10. The van der Waals surface area contributed by atoms with Crippen LogP contribution in [0.25, 0.3) is 11.1 Å². The van der Waals surface area contributed by atoms with Gasteiger partial charge in [0.1, 0.15) is 11.3 Å². The molecule has 0 saturated carbocycles. The molecule has 1 heterocycles. The molecular weight excluding hydrogens is 296 g/mol. The number of oxazole rings is 1. The molecule has 0 unspecified atom stereocenters. The van der Waals surface area contributed by atoms with E-state index < -0.39 is 0 Å². The summed E-state index contributed by atoms with van der Waals surface area (Å²) in [6.07, 6.45) is 0.197. The van der Waals surface area contributed by atoms with Gasteiger partial charge in [-0.25, -0.2) is 0 Å². The minimum atomic E-state index is 0.197. The molecule has 1 aromatic heterocycles. The lowest BCUT2D eigenvalue weighted by Gasteiger charge is -2.04. The highest BCUT2D eigenvalue weighted by Crippen LogP contribution is 2.34.